The van der Waals surface area contributed by atoms with E-state index < -0.39 is 17.2 Å². The minimum Gasteiger partial charge on any atom is -0.444 e. The Morgan fingerprint density at radius 2 is 1.81 bits per heavy atom. The molecule has 7 nitrogen and oxygen atoms in total. The second-order valence-corrected chi connectivity index (χ2v) is 9.09. The number of nitrogens with zero attached hydrogens (tertiary/aromatic N) is 2. The van der Waals surface area contributed by atoms with Crippen molar-refractivity contribution in [3.8, 4) is 11.8 Å². The van der Waals surface area contributed by atoms with E-state index in [9.17, 15) is 14.9 Å². The van der Waals surface area contributed by atoms with Crippen molar-refractivity contribution in [2.75, 3.05) is 0 Å². The number of ether oxygens (including phenoxy) is 1. The van der Waals surface area contributed by atoms with Crippen LogP contribution in [0, 0.1) is 11.3 Å². The number of nitriles is 1. The lowest BCUT2D eigenvalue weighted by atomic mass is 10.1. The van der Waals surface area contributed by atoms with Gasteiger partial charge in [0.25, 0.3) is 0 Å². The van der Waals surface area contributed by atoms with Crippen molar-refractivity contribution >= 4 is 22.9 Å². The Morgan fingerprint density at radius 3 is 2.44 bits per heavy atom. The number of aromatic nitrogens is 1. The summed E-state index contributed by atoms with van der Waals surface area (Å²) in [5, 5.41) is 16.2. The predicted octanol–water partition coefficient (Wildman–Crippen LogP) is 4.18. The molecular weight excluding hydrogens is 404 g/mol. The normalized spacial score (nSPS) is 14.4. The van der Waals surface area contributed by atoms with Gasteiger partial charge in [-0.2, -0.15) is 5.26 Å². The van der Waals surface area contributed by atoms with E-state index in [1.54, 1.807) is 20.8 Å². The molecule has 1 heterocycles. The zero-order chi connectivity index (χ0) is 22.9. The molecule has 0 aliphatic heterocycles. The van der Waals surface area contributed by atoms with E-state index in [1.165, 1.54) is 0 Å². The molecular formula is C25H26N4O3. The molecule has 32 heavy (non-hydrogen) atoms. The standard InChI is InChI=1S/C25H26N4O3/c1-24(2,3)32-23(31)28-25(12-13-25)22(30)27-16-17-8-10-19(11-9-17)29-20(15-26)14-18-6-4-5-7-21(18)29/h4-11,14H,12-13,16H2,1-3H3,(H,27,30)(H,28,31). The maximum atomic E-state index is 12.7. The van der Waals surface area contributed by atoms with Crippen LogP contribution in [0.1, 0.15) is 44.9 Å². The molecule has 1 aromatic heterocycles. The lowest BCUT2D eigenvalue weighted by Gasteiger charge is -2.23. The highest BCUT2D eigenvalue weighted by molar-refractivity contribution is 5.92. The Labute approximate surface area is 187 Å². The van der Waals surface area contributed by atoms with E-state index >= 15 is 0 Å². The first-order valence-corrected chi connectivity index (χ1v) is 10.6. The van der Waals surface area contributed by atoms with E-state index in [1.807, 2.05) is 59.2 Å². The van der Waals surface area contributed by atoms with Gasteiger partial charge in [0.2, 0.25) is 5.91 Å². The van der Waals surface area contributed by atoms with Gasteiger partial charge in [0.1, 0.15) is 22.9 Å². The lowest BCUT2D eigenvalue weighted by molar-refractivity contribution is -0.124. The number of carbonyl (C=O) groups excluding carboxylic acids is 2. The fraction of sp³-hybridized carbons (Fsp3) is 0.320. The van der Waals surface area contributed by atoms with Crippen LogP contribution < -0.4 is 10.6 Å². The third-order valence-corrected chi connectivity index (χ3v) is 5.40. The Balaban J connectivity index is 1.42. The summed E-state index contributed by atoms with van der Waals surface area (Å²) in [7, 11) is 0. The fourth-order valence-electron chi connectivity index (χ4n) is 3.66. The van der Waals surface area contributed by atoms with Gasteiger partial charge in [0.05, 0.1) is 5.52 Å². The van der Waals surface area contributed by atoms with Crippen molar-refractivity contribution in [2.24, 2.45) is 0 Å². The van der Waals surface area contributed by atoms with Gasteiger partial charge >= 0.3 is 6.09 Å². The molecule has 2 amide bonds. The summed E-state index contributed by atoms with van der Waals surface area (Å²) in [6.07, 6.45) is 0.602. The van der Waals surface area contributed by atoms with Gasteiger partial charge < -0.3 is 19.9 Å². The topological polar surface area (TPSA) is 96.1 Å². The van der Waals surface area contributed by atoms with Gasteiger partial charge in [-0.1, -0.05) is 30.3 Å². The molecule has 3 aromatic rings. The largest absolute Gasteiger partial charge is 0.444 e. The van der Waals surface area contributed by atoms with Gasteiger partial charge in [-0.3, -0.25) is 4.79 Å². The predicted molar refractivity (Wildman–Crippen MR) is 121 cm³/mol. The highest BCUT2D eigenvalue weighted by Gasteiger charge is 2.51. The Bertz CT molecular complexity index is 1210. The first kappa shape index (κ1) is 21.4. The molecule has 1 aliphatic rings. The summed E-state index contributed by atoms with van der Waals surface area (Å²) in [6, 6.07) is 19.7. The summed E-state index contributed by atoms with van der Waals surface area (Å²) in [5.74, 6) is -0.212. The molecule has 0 bridgehead atoms. The molecule has 0 spiro atoms. The van der Waals surface area contributed by atoms with Crippen LogP contribution in [0.15, 0.2) is 54.6 Å². The van der Waals surface area contributed by atoms with Gasteiger partial charge in [-0.25, -0.2) is 4.79 Å². The number of benzene rings is 2. The quantitative estimate of drug-likeness (QED) is 0.635. The molecule has 0 atom stereocenters. The number of fused-ring (bicyclic) bond motifs is 1. The smallest absolute Gasteiger partial charge is 0.408 e. The summed E-state index contributed by atoms with van der Waals surface area (Å²) in [6.45, 7) is 5.69. The van der Waals surface area contributed by atoms with E-state index in [2.05, 4.69) is 16.7 Å². The molecule has 0 radical (unpaired) electrons. The molecule has 1 fully saturated rings. The van der Waals surface area contributed by atoms with E-state index in [-0.39, 0.29) is 5.91 Å². The number of rotatable bonds is 5. The van der Waals surface area contributed by atoms with Gasteiger partial charge in [0, 0.05) is 17.6 Å². The van der Waals surface area contributed by atoms with Crippen molar-refractivity contribution in [3.05, 3.63) is 65.9 Å². The Kier molecular flexibility index (Phi) is 5.39. The maximum absolute atomic E-state index is 12.7. The minimum absolute atomic E-state index is 0.212. The van der Waals surface area contributed by atoms with E-state index in [0.717, 1.165) is 22.2 Å². The first-order valence-electron chi connectivity index (χ1n) is 10.6. The molecule has 164 valence electrons. The number of nitrogens with one attached hydrogen (secondary N) is 2. The van der Waals surface area contributed by atoms with Crippen molar-refractivity contribution in [2.45, 2.75) is 51.3 Å². The monoisotopic (exact) mass is 430 g/mol. The number of para-hydroxylation sites is 1. The molecule has 0 unspecified atom stereocenters. The van der Waals surface area contributed by atoms with E-state index in [0.29, 0.717) is 25.1 Å². The summed E-state index contributed by atoms with van der Waals surface area (Å²) < 4.78 is 7.19. The minimum atomic E-state index is -0.881. The van der Waals surface area contributed by atoms with Crippen molar-refractivity contribution < 1.29 is 14.3 Å². The molecule has 0 saturated heterocycles. The average molecular weight is 431 g/mol. The van der Waals surface area contributed by atoms with Gasteiger partial charge in [-0.05, 0) is 63.4 Å². The van der Waals surface area contributed by atoms with Crippen molar-refractivity contribution in [1.29, 1.82) is 5.26 Å². The van der Waals surface area contributed by atoms with E-state index in [4.69, 9.17) is 4.74 Å². The van der Waals surface area contributed by atoms with Crippen molar-refractivity contribution in [1.82, 2.24) is 15.2 Å². The Hall–Kier alpha value is -3.79. The summed E-state index contributed by atoms with van der Waals surface area (Å²) in [4.78, 5) is 24.7. The number of carbonyl (C=O) groups is 2. The van der Waals surface area contributed by atoms with Crippen LogP contribution >= 0.6 is 0 Å². The van der Waals surface area contributed by atoms with Crippen LogP contribution in [0.5, 0.6) is 0 Å². The second kappa shape index (κ2) is 8.04. The number of hydrogen-bond acceptors (Lipinski definition) is 4. The highest BCUT2D eigenvalue weighted by atomic mass is 16.6. The third-order valence-electron chi connectivity index (χ3n) is 5.40. The van der Waals surface area contributed by atoms with Crippen LogP contribution in [-0.4, -0.2) is 27.7 Å². The summed E-state index contributed by atoms with van der Waals surface area (Å²) in [5.41, 5.74) is 1.83. The van der Waals surface area contributed by atoms with Gasteiger partial charge in [-0.15, -0.1) is 0 Å². The van der Waals surface area contributed by atoms with Crippen molar-refractivity contribution in [3.63, 3.8) is 0 Å². The Morgan fingerprint density at radius 1 is 1.12 bits per heavy atom. The molecule has 1 saturated carbocycles. The highest BCUT2D eigenvalue weighted by Crippen LogP contribution is 2.36. The molecule has 1 aliphatic carbocycles. The fourth-order valence-corrected chi connectivity index (χ4v) is 3.66. The third kappa shape index (κ3) is 4.45. The zero-order valence-corrected chi connectivity index (χ0v) is 18.4. The number of alkyl carbamates (subject to hydrolysis) is 1. The van der Waals surface area contributed by atoms with Crippen LogP contribution in [-0.2, 0) is 16.1 Å². The number of hydrogen-bond donors (Lipinski definition) is 2. The van der Waals surface area contributed by atoms with Crippen LogP contribution in [0.4, 0.5) is 4.79 Å². The molecule has 4 rings (SSSR count). The van der Waals surface area contributed by atoms with Crippen LogP contribution in [0.2, 0.25) is 0 Å². The molecule has 2 aromatic carbocycles. The molecule has 7 heteroatoms. The lowest BCUT2D eigenvalue weighted by Crippen LogP contribution is -2.50. The number of amides is 2. The first-order chi connectivity index (χ1) is 15.2. The van der Waals surface area contributed by atoms with Gasteiger partial charge in [0.15, 0.2) is 0 Å². The van der Waals surface area contributed by atoms with Crippen LogP contribution in [0.25, 0.3) is 16.6 Å². The summed E-state index contributed by atoms with van der Waals surface area (Å²) >= 11 is 0. The SMILES string of the molecule is CC(C)(C)OC(=O)NC1(C(=O)NCc2ccc(-n3c(C#N)cc4ccccc43)cc2)CC1. The zero-order valence-electron chi connectivity index (χ0n) is 18.4. The molecule has 2 N–H and O–H groups in total. The maximum Gasteiger partial charge on any atom is 0.408 e. The second-order valence-electron chi connectivity index (χ2n) is 9.09. The van der Waals surface area contributed by atoms with Crippen LogP contribution in [0.3, 0.4) is 0 Å². The average Bonchev–Trinajstić information content (AvgIpc) is 3.42.